The zero-order valence-corrected chi connectivity index (χ0v) is 19.7. The predicted molar refractivity (Wildman–Crippen MR) is 118 cm³/mol. The number of aliphatic hydroxyl groups is 1. The van der Waals surface area contributed by atoms with E-state index in [1.165, 1.54) is 6.20 Å². The van der Waals surface area contributed by atoms with Gasteiger partial charge in [-0.25, -0.2) is 14.3 Å². The molecule has 0 bridgehead atoms. The summed E-state index contributed by atoms with van der Waals surface area (Å²) < 4.78 is 16.8. The third kappa shape index (κ3) is 5.32. The van der Waals surface area contributed by atoms with E-state index in [0.717, 1.165) is 28.0 Å². The molecule has 1 aromatic heterocycles. The SMILES string of the molecule is CC(C)c1ccc(C#N)c(C(C)C)c1CC(=O)N=S(N)(=O)c1cnc(C(C)(C)O)s1. The summed E-state index contributed by atoms with van der Waals surface area (Å²) in [4.78, 5) is 16.8. The molecule has 1 atom stereocenters. The number of thiazole rings is 1. The molecule has 0 saturated heterocycles. The summed E-state index contributed by atoms with van der Waals surface area (Å²) in [6.07, 6.45) is 1.19. The molecule has 0 aliphatic heterocycles. The summed E-state index contributed by atoms with van der Waals surface area (Å²) in [5.41, 5.74) is 1.80. The first-order valence-electron chi connectivity index (χ1n) is 9.60. The van der Waals surface area contributed by atoms with Gasteiger partial charge in [-0.15, -0.1) is 15.7 Å². The lowest BCUT2D eigenvalue weighted by molar-refractivity contribution is -0.117. The molecule has 9 heteroatoms. The summed E-state index contributed by atoms with van der Waals surface area (Å²) in [6, 6.07) is 5.83. The van der Waals surface area contributed by atoms with E-state index in [1.54, 1.807) is 19.9 Å². The Morgan fingerprint density at radius 2 is 1.97 bits per heavy atom. The number of carbonyl (C=O) groups excluding carboxylic acids is 1. The molecular weight excluding hydrogens is 420 g/mol. The molecule has 1 amide bonds. The zero-order chi connectivity index (χ0) is 22.9. The number of rotatable bonds is 6. The van der Waals surface area contributed by atoms with Gasteiger partial charge >= 0.3 is 0 Å². The number of hydrogen-bond donors (Lipinski definition) is 2. The van der Waals surface area contributed by atoms with E-state index in [1.807, 2.05) is 33.8 Å². The molecule has 0 aliphatic rings. The van der Waals surface area contributed by atoms with Gasteiger partial charge in [0.15, 0.2) is 9.92 Å². The van der Waals surface area contributed by atoms with Crippen molar-refractivity contribution in [1.82, 2.24) is 4.98 Å². The normalized spacial score (nSPS) is 13.9. The van der Waals surface area contributed by atoms with Crippen LogP contribution in [0.5, 0.6) is 0 Å². The van der Waals surface area contributed by atoms with E-state index in [2.05, 4.69) is 15.4 Å². The van der Waals surface area contributed by atoms with Gasteiger partial charge < -0.3 is 5.11 Å². The second-order valence-corrected chi connectivity index (χ2v) is 11.3. The first-order chi connectivity index (χ1) is 13.8. The topological polar surface area (TPSA) is 129 Å². The minimum Gasteiger partial charge on any atom is -0.383 e. The molecule has 1 heterocycles. The summed E-state index contributed by atoms with van der Waals surface area (Å²) in [5.74, 6) is -0.463. The molecule has 3 N–H and O–H groups in total. The number of nitrogens with two attached hydrogens (primary N) is 1. The summed E-state index contributed by atoms with van der Waals surface area (Å²) in [6.45, 7) is 11.1. The Morgan fingerprint density at radius 3 is 2.43 bits per heavy atom. The number of hydrogen-bond acceptors (Lipinski definition) is 6. The average Bonchev–Trinajstić information content (AvgIpc) is 3.11. The Bertz CT molecular complexity index is 1110. The van der Waals surface area contributed by atoms with E-state index in [4.69, 9.17) is 5.14 Å². The molecule has 1 unspecified atom stereocenters. The van der Waals surface area contributed by atoms with Crippen LogP contribution in [0.1, 0.15) is 80.6 Å². The number of nitriles is 1. The molecule has 2 aromatic rings. The summed E-state index contributed by atoms with van der Waals surface area (Å²) in [7, 11) is -3.50. The van der Waals surface area contributed by atoms with Crippen LogP contribution in [0.2, 0.25) is 0 Å². The van der Waals surface area contributed by atoms with Gasteiger partial charge in [0.25, 0.3) is 5.91 Å². The highest BCUT2D eigenvalue weighted by atomic mass is 32.2. The van der Waals surface area contributed by atoms with Gasteiger partial charge in [-0.2, -0.15) is 5.26 Å². The van der Waals surface area contributed by atoms with Crippen molar-refractivity contribution in [3.05, 3.63) is 45.6 Å². The fourth-order valence-electron chi connectivity index (χ4n) is 3.23. The van der Waals surface area contributed by atoms with E-state index < -0.39 is 21.4 Å². The minimum atomic E-state index is -3.50. The molecular formula is C21H28N4O3S2. The van der Waals surface area contributed by atoms with Gasteiger partial charge in [0.2, 0.25) is 0 Å². The summed E-state index contributed by atoms with van der Waals surface area (Å²) in [5, 5.41) is 25.8. The van der Waals surface area contributed by atoms with Crippen molar-refractivity contribution in [3.8, 4) is 6.07 Å². The Morgan fingerprint density at radius 1 is 1.33 bits per heavy atom. The number of carbonyl (C=O) groups is 1. The zero-order valence-electron chi connectivity index (χ0n) is 18.1. The maximum atomic E-state index is 12.9. The predicted octanol–water partition coefficient (Wildman–Crippen LogP) is 3.96. The second-order valence-electron chi connectivity index (χ2n) is 8.29. The van der Waals surface area contributed by atoms with Crippen LogP contribution in [0.3, 0.4) is 0 Å². The van der Waals surface area contributed by atoms with Crippen LogP contribution >= 0.6 is 11.3 Å². The standard InChI is InChI=1S/C21H28N4O3S2/c1-12(2)15-8-7-14(10-22)19(13(3)4)16(15)9-17(26)25-30(23,28)18-11-24-20(29-18)21(5,6)27/h7-8,11-13,27H,9H2,1-6H3,(H2,23,25,26,28). The van der Waals surface area contributed by atoms with E-state index in [-0.39, 0.29) is 22.5 Å². The van der Waals surface area contributed by atoms with Crippen LogP contribution in [0.4, 0.5) is 0 Å². The van der Waals surface area contributed by atoms with Crippen LogP contribution in [-0.4, -0.2) is 20.2 Å². The van der Waals surface area contributed by atoms with Gasteiger partial charge in [0, 0.05) is 0 Å². The summed E-state index contributed by atoms with van der Waals surface area (Å²) >= 11 is 0.967. The van der Waals surface area contributed by atoms with Crippen LogP contribution in [0.25, 0.3) is 0 Å². The highest BCUT2D eigenvalue weighted by molar-refractivity contribution is 7.93. The molecule has 1 aromatic carbocycles. The van der Waals surface area contributed by atoms with Crippen LogP contribution in [0, 0.1) is 11.3 Å². The molecule has 0 saturated carbocycles. The van der Waals surface area contributed by atoms with Gasteiger partial charge in [-0.1, -0.05) is 33.8 Å². The average molecular weight is 449 g/mol. The molecule has 0 aliphatic carbocycles. The highest BCUT2D eigenvalue weighted by Crippen LogP contribution is 2.32. The number of amides is 1. The van der Waals surface area contributed by atoms with Gasteiger partial charge in [0.1, 0.15) is 14.8 Å². The van der Waals surface area contributed by atoms with Crippen molar-refractivity contribution >= 4 is 27.2 Å². The van der Waals surface area contributed by atoms with Crippen molar-refractivity contribution in [3.63, 3.8) is 0 Å². The molecule has 0 fully saturated rings. The maximum absolute atomic E-state index is 12.9. The molecule has 0 radical (unpaired) electrons. The lowest BCUT2D eigenvalue weighted by atomic mass is 9.84. The number of aromatic nitrogens is 1. The van der Waals surface area contributed by atoms with Crippen molar-refractivity contribution in [2.45, 2.75) is 69.6 Å². The van der Waals surface area contributed by atoms with Crippen molar-refractivity contribution in [1.29, 1.82) is 5.26 Å². The van der Waals surface area contributed by atoms with E-state index in [9.17, 15) is 19.4 Å². The Kier molecular flexibility index (Phi) is 7.20. The lowest BCUT2D eigenvalue weighted by Gasteiger charge is -2.20. The number of benzene rings is 1. The Labute approximate surface area is 182 Å². The Balaban J connectivity index is 2.50. The van der Waals surface area contributed by atoms with Gasteiger partial charge in [-0.05, 0) is 48.4 Å². The van der Waals surface area contributed by atoms with E-state index >= 15 is 0 Å². The van der Waals surface area contributed by atoms with E-state index in [0.29, 0.717) is 10.6 Å². The fraction of sp³-hybridized carbons (Fsp3) is 0.476. The first kappa shape index (κ1) is 24.2. The molecule has 0 spiro atoms. The van der Waals surface area contributed by atoms with Crippen molar-refractivity contribution in [2.75, 3.05) is 0 Å². The number of nitrogens with zero attached hydrogens (tertiary/aromatic N) is 3. The smallest absolute Gasteiger partial charge is 0.259 e. The Hall–Kier alpha value is -2.12. The lowest BCUT2D eigenvalue weighted by Crippen LogP contribution is -2.16. The van der Waals surface area contributed by atoms with Crippen molar-refractivity contribution < 1.29 is 14.1 Å². The van der Waals surface area contributed by atoms with Gasteiger partial charge in [-0.3, -0.25) is 4.79 Å². The third-order valence-corrected chi connectivity index (χ3v) is 7.80. The molecule has 30 heavy (non-hydrogen) atoms. The molecule has 162 valence electrons. The van der Waals surface area contributed by atoms with Crippen molar-refractivity contribution in [2.24, 2.45) is 9.50 Å². The first-order valence-corrected chi connectivity index (χ1v) is 12.0. The monoisotopic (exact) mass is 448 g/mol. The maximum Gasteiger partial charge on any atom is 0.259 e. The minimum absolute atomic E-state index is 0.0271. The van der Waals surface area contributed by atoms with Crippen LogP contribution in [0.15, 0.2) is 26.9 Å². The quantitative estimate of drug-likeness (QED) is 0.691. The molecule has 2 rings (SSSR count). The largest absolute Gasteiger partial charge is 0.383 e. The van der Waals surface area contributed by atoms with Crippen LogP contribution in [-0.2, 0) is 26.7 Å². The van der Waals surface area contributed by atoms with Crippen LogP contribution < -0.4 is 5.14 Å². The second kappa shape index (κ2) is 8.94. The molecule has 7 nitrogen and oxygen atoms in total. The highest BCUT2D eigenvalue weighted by Gasteiger charge is 2.24. The fourth-order valence-corrected chi connectivity index (χ4v) is 5.37. The van der Waals surface area contributed by atoms with Gasteiger partial charge in [0.05, 0.1) is 24.3 Å². The third-order valence-electron chi connectivity index (χ3n) is 4.57.